The van der Waals surface area contributed by atoms with E-state index in [1.54, 1.807) is 7.11 Å². The summed E-state index contributed by atoms with van der Waals surface area (Å²) < 4.78 is 7.16. The maximum Gasteiger partial charge on any atom is 0.125 e. The molecular formula is C31H35N3OS. The molecule has 1 saturated carbocycles. The van der Waals surface area contributed by atoms with Gasteiger partial charge in [-0.05, 0) is 66.6 Å². The Morgan fingerprint density at radius 2 is 1.86 bits per heavy atom. The van der Waals surface area contributed by atoms with Crippen LogP contribution in [-0.2, 0) is 6.54 Å². The van der Waals surface area contributed by atoms with Gasteiger partial charge in [0.1, 0.15) is 11.6 Å². The molecule has 0 amide bonds. The third-order valence-corrected chi connectivity index (χ3v) is 8.76. The van der Waals surface area contributed by atoms with E-state index in [1.807, 2.05) is 30.6 Å². The molecule has 5 heteroatoms. The van der Waals surface area contributed by atoms with Crippen molar-refractivity contribution < 1.29 is 4.74 Å². The molecule has 0 bridgehead atoms. The topological polar surface area (TPSA) is 37.4 Å². The summed E-state index contributed by atoms with van der Waals surface area (Å²) in [6, 6.07) is 19.8. The Labute approximate surface area is 218 Å². The van der Waals surface area contributed by atoms with Crippen molar-refractivity contribution in [3.63, 3.8) is 0 Å². The molecule has 2 aromatic heterocycles. The smallest absolute Gasteiger partial charge is 0.125 e. The van der Waals surface area contributed by atoms with Gasteiger partial charge < -0.3 is 15.0 Å². The van der Waals surface area contributed by atoms with E-state index in [0.29, 0.717) is 6.04 Å². The average molecular weight is 498 g/mol. The highest BCUT2D eigenvalue weighted by Gasteiger charge is 2.26. The fourth-order valence-corrected chi connectivity index (χ4v) is 6.59. The minimum atomic E-state index is 0.487. The number of aryl methyl sites for hydroxylation is 1. The summed E-state index contributed by atoms with van der Waals surface area (Å²) in [5, 5.41) is 4.43. The van der Waals surface area contributed by atoms with Gasteiger partial charge in [-0.3, -0.25) is 0 Å². The molecule has 0 unspecified atom stereocenters. The van der Waals surface area contributed by atoms with Gasteiger partial charge in [0.15, 0.2) is 0 Å². The van der Waals surface area contributed by atoms with Crippen LogP contribution in [0.1, 0.15) is 48.1 Å². The third kappa shape index (κ3) is 4.85. The van der Waals surface area contributed by atoms with Crippen LogP contribution >= 0.6 is 11.3 Å². The monoisotopic (exact) mass is 497 g/mol. The molecule has 4 aromatic rings. The largest absolute Gasteiger partial charge is 0.496 e. The van der Waals surface area contributed by atoms with Crippen molar-refractivity contribution in [3.05, 3.63) is 83.4 Å². The summed E-state index contributed by atoms with van der Waals surface area (Å²) in [5.41, 5.74) is 5.89. The van der Waals surface area contributed by atoms with Crippen LogP contribution in [0.2, 0.25) is 0 Å². The molecule has 5 rings (SSSR count). The minimum Gasteiger partial charge on any atom is -0.496 e. The number of nitrogens with one attached hydrogen (secondary N) is 1. The van der Waals surface area contributed by atoms with Gasteiger partial charge in [0.05, 0.1) is 12.0 Å². The third-order valence-electron chi connectivity index (χ3n) is 7.44. The van der Waals surface area contributed by atoms with Crippen molar-refractivity contribution in [2.75, 3.05) is 19.5 Å². The molecule has 2 aromatic carbocycles. The lowest BCUT2D eigenvalue weighted by Crippen LogP contribution is -2.34. The number of aromatic nitrogens is 1. The molecular weight excluding hydrogens is 462 g/mol. The Morgan fingerprint density at radius 3 is 2.56 bits per heavy atom. The highest BCUT2D eigenvalue weighted by molar-refractivity contribution is 7.20. The van der Waals surface area contributed by atoms with Crippen molar-refractivity contribution in [1.82, 2.24) is 9.88 Å². The van der Waals surface area contributed by atoms with Gasteiger partial charge in [0.2, 0.25) is 0 Å². The van der Waals surface area contributed by atoms with Crippen LogP contribution in [0.25, 0.3) is 26.9 Å². The predicted octanol–water partition coefficient (Wildman–Crippen LogP) is 8.13. The van der Waals surface area contributed by atoms with Gasteiger partial charge in [-0.1, -0.05) is 50.1 Å². The number of hydrogen-bond acceptors (Lipinski definition) is 5. The van der Waals surface area contributed by atoms with E-state index in [1.165, 1.54) is 58.2 Å². The van der Waals surface area contributed by atoms with Gasteiger partial charge >= 0.3 is 0 Å². The maximum atomic E-state index is 5.84. The second-order valence-corrected chi connectivity index (χ2v) is 10.7. The van der Waals surface area contributed by atoms with E-state index < -0.39 is 0 Å². The zero-order valence-corrected chi connectivity index (χ0v) is 22.3. The van der Waals surface area contributed by atoms with E-state index in [9.17, 15) is 0 Å². The Kier molecular flexibility index (Phi) is 7.28. The first-order valence-corrected chi connectivity index (χ1v) is 13.7. The van der Waals surface area contributed by atoms with E-state index >= 15 is 0 Å². The molecule has 4 nitrogen and oxygen atoms in total. The Hall–Kier alpha value is -3.31. The molecule has 0 atom stereocenters. The molecule has 186 valence electrons. The van der Waals surface area contributed by atoms with Crippen molar-refractivity contribution in [2.24, 2.45) is 0 Å². The summed E-state index contributed by atoms with van der Waals surface area (Å²) in [4.78, 5) is 8.36. The van der Waals surface area contributed by atoms with E-state index in [0.717, 1.165) is 34.9 Å². The lowest BCUT2D eigenvalue weighted by atomic mass is 9.92. The molecule has 0 aliphatic heterocycles. The first kappa shape index (κ1) is 24.4. The zero-order chi connectivity index (χ0) is 25.1. The normalized spacial score (nSPS) is 14.1. The molecule has 0 spiro atoms. The Morgan fingerprint density at radius 1 is 1.08 bits per heavy atom. The van der Waals surface area contributed by atoms with Gasteiger partial charge in [0.25, 0.3) is 0 Å². The second kappa shape index (κ2) is 10.8. The lowest BCUT2D eigenvalue weighted by molar-refractivity contribution is 0.223. The molecule has 0 saturated heterocycles. The minimum absolute atomic E-state index is 0.487. The molecule has 0 radical (unpaired) electrons. The van der Waals surface area contributed by atoms with E-state index in [2.05, 4.69) is 77.2 Å². The van der Waals surface area contributed by atoms with Crippen molar-refractivity contribution in [1.29, 1.82) is 0 Å². The number of ether oxygens (including phenoxy) is 1. The summed E-state index contributed by atoms with van der Waals surface area (Å²) in [6.45, 7) is 7.70. The highest BCUT2D eigenvalue weighted by atomic mass is 32.1. The number of methoxy groups -OCH3 is 1. The number of nitrogens with zero attached hydrogens (tertiary/aromatic N) is 2. The van der Waals surface area contributed by atoms with Crippen molar-refractivity contribution in [3.8, 4) is 16.9 Å². The van der Waals surface area contributed by atoms with Crippen molar-refractivity contribution >= 4 is 32.9 Å². The zero-order valence-electron chi connectivity index (χ0n) is 21.5. The highest BCUT2D eigenvalue weighted by Crippen LogP contribution is 2.40. The fraction of sp³-hybridized carbons (Fsp3) is 0.323. The summed E-state index contributed by atoms with van der Waals surface area (Å²) >= 11 is 1.86. The molecule has 1 fully saturated rings. The standard InChI is InChI=1S/C31H35N3OS/c1-21-27-12-8-9-13-29(27)36-31(21)22(2)34(26-10-6-5-7-11-26)20-25-18-23(14-16-28(25)35-4)24-15-17-30(32-3)33-19-24/h8-9,12-19,26H,2,5-7,10-11,20H2,1,3-4H3,(H,32,33). The number of pyridine rings is 1. The SMILES string of the molecule is C=C(c1sc2ccccc2c1C)N(Cc1cc(-c2ccc(NC)nc2)ccc1OC)C1CCCCC1. The van der Waals surface area contributed by atoms with Crippen LogP contribution in [0.15, 0.2) is 67.4 Å². The van der Waals surface area contributed by atoms with Crippen LogP contribution in [0.3, 0.4) is 0 Å². The number of rotatable bonds is 8. The number of thiophene rings is 1. The maximum absolute atomic E-state index is 5.84. The Balaban J connectivity index is 1.52. The summed E-state index contributed by atoms with van der Waals surface area (Å²) in [7, 11) is 3.65. The number of benzene rings is 2. The van der Waals surface area contributed by atoms with Gasteiger partial charge in [-0.15, -0.1) is 11.3 Å². The van der Waals surface area contributed by atoms with E-state index in [4.69, 9.17) is 4.74 Å². The van der Waals surface area contributed by atoms with Crippen molar-refractivity contribution in [2.45, 2.75) is 51.6 Å². The van der Waals surface area contributed by atoms with Crippen LogP contribution in [0, 0.1) is 6.92 Å². The lowest BCUT2D eigenvalue weighted by Gasteiger charge is -2.37. The molecule has 2 heterocycles. The molecule has 36 heavy (non-hydrogen) atoms. The first-order valence-electron chi connectivity index (χ1n) is 12.8. The van der Waals surface area contributed by atoms with E-state index in [-0.39, 0.29) is 0 Å². The summed E-state index contributed by atoms with van der Waals surface area (Å²) in [6.07, 6.45) is 8.23. The molecule has 1 aliphatic carbocycles. The predicted molar refractivity (Wildman–Crippen MR) is 154 cm³/mol. The van der Waals surface area contributed by atoms with Gasteiger partial charge in [-0.25, -0.2) is 4.98 Å². The van der Waals surface area contributed by atoms with Crippen LogP contribution < -0.4 is 10.1 Å². The Bertz CT molecular complexity index is 1350. The van der Waals surface area contributed by atoms with Crippen LogP contribution in [0.4, 0.5) is 5.82 Å². The fourth-order valence-electron chi connectivity index (χ4n) is 5.40. The quantitative estimate of drug-likeness (QED) is 0.267. The number of hydrogen-bond donors (Lipinski definition) is 1. The number of fused-ring (bicyclic) bond motifs is 1. The van der Waals surface area contributed by atoms with Crippen LogP contribution in [0.5, 0.6) is 5.75 Å². The average Bonchev–Trinajstić information content (AvgIpc) is 3.28. The summed E-state index contributed by atoms with van der Waals surface area (Å²) in [5.74, 6) is 1.78. The number of anilines is 1. The molecule has 1 aliphatic rings. The van der Waals surface area contributed by atoms with Gasteiger partial charge in [-0.2, -0.15) is 0 Å². The first-order chi connectivity index (χ1) is 17.6. The van der Waals surface area contributed by atoms with Crippen LogP contribution in [-0.4, -0.2) is 30.1 Å². The second-order valence-electron chi connectivity index (χ2n) is 9.63. The van der Waals surface area contributed by atoms with Gasteiger partial charge in [0, 0.05) is 47.4 Å². The molecule has 1 N–H and O–H groups in total.